The molecule has 2 aromatic carbocycles. The van der Waals surface area contributed by atoms with Crippen LogP contribution < -0.4 is 16.8 Å². The molecule has 0 radical (unpaired) electrons. The van der Waals surface area contributed by atoms with Gasteiger partial charge < -0.3 is 31.6 Å². The van der Waals surface area contributed by atoms with Crippen molar-refractivity contribution in [3.63, 3.8) is 0 Å². The fourth-order valence-corrected chi connectivity index (χ4v) is 4.98. The maximum absolute atomic E-state index is 14.0. The summed E-state index contributed by atoms with van der Waals surface area (Å²) in [6.07, 6.45) is 3.73. The van der Waals surface area contributed by atoms with Gasteiger partial charge in [0.05, 0.1) is 35.7 Å². The highest BCUT2D eigenvalue weighted by Crippen LogP contribution is 2.25. The fourth-order valence-electron chi connectivity index (χ4n) is 4.98. The summed E-state index contributed by atoms with van der Waals surface area (Å²) in [5.74, 6) is -3.17. The van der Waals surface area contributed by atoms with E-state index in [1.807, 2.05) is 0 Å². The number of primary amides is 1. The van der Waals surface area contributed by atoms with Crippen LogP contribution in [0.3, 0.4) is 0 Å². The number of aliphatic hydroxyl groups is 1. The molecular weight excluding hydrogens is 581 g/mol. The minimum atomic E-state index is -1.25. The third-order valence-electron chi connectivity index (χ3n) is 7.50. The Kier molecular flexibility index (Phi) is 10.9. The highest BCUT2D eigenvalue weighted by molar-refractivity contribution is 5.94. The third-order valence-corrected chi connectivity index (χ3v) is 7.50. The molecule has 0 saturated heterocycles. The number of benzene rings is 2. The molecule has 0 bridgehead atoms. The second kappa shape index (κ2) is 14.8. The van der Waals surface area contributed by atoms with Gasteiger partial charge in [-0.3, -0.25) is 19.4 Å². The number of H-pyrrole nitrogens is 1. The number of aromatic nitrogens is 4. The summed E-state index contributed by atoms with van der Waals surface area (Å²) in [7, 11) is 0. The first-order valence-corrected chi connectivity index (χ1v) is 14.6. The number of hydrogen-bond donors (Lipinski definition) is 5. The van der Waals surface area contributed by atoms with Gasteiger partial charge in [0.15, 0.2) is 0 Å². The van der Waals surface area contributed by atoms with Crippen molar-refractivity contribution in [2.24, 2.45) is 17.4 Å². The predicted molar refractivity (Wildman–Crippen MR) is 164 cm³/mol. The third kappa shape index (κ3) is 9.62. The van der Waals surface area contributed by atoms with E-state index in [0.29, 0.717) is 22.3 Å². The van der Waals surface area contributed by atoms with Gasteiger partial charge in [0.2, 0.25) is 5.91 Å². The van der Waals surface area contributed by atoms with Crippen molar-refractivity contribution in [3.05, 3.63) is 90.0 Å². The summed E-state index contributed by atoms with van der Waals surface area (Å²) in [4.78, 5) is 53.8. The molecule has 4 aromatic rings. The predicted octanol–water partition coefficient (Wildman–Crippen LogP) is 2.36. The summed E-state index contributed by atoms with van der Waals surface area (Å²) >= 11 is 0. The number of ether oxygens (including phenoxy) is 1. The van der Waals surface area contributed by atoms with Crippen molar-refractivity contribution in [1.29, 1.82) is 0 Å². The number of carbonyl (C=O) groups is 3. The van der Waals surface area contributed by atoms with E-state index < -0.39 is 53.3 Å². The van der Waals surface area contributed by atoms with Crippen molar-refractivity contribution in [1.82, 2.24) is 25.3 Å². The number of fused-ring (bicyclic) bond motifs is 1. The monoisotopic (exact) mass is 619 g/mol. The van der Waals surface area contributed by atoms with E-state index in [1.54, 1.807) is 50.4 Å². The van der Waals surface area contributed by atoms with Crippen LogP contribution >= 0.6 is 0 Å². The molecule has 0 spiro atoms. The highest BCUT2D eigenvalue weighted by Gasteiger charge is 2.32. The van der Waals surface area contributed by atoms with E-state index in [4.69, 9.17) is 16.2 Å². The number of para-hydroxylation sites is 2. The summed E-state index contributed by atoms with van der Waals surface area (Å²) in [5, 5.41) is 14.1. The van der Waals surface area contributed by atoms with Crippen LogP contribution in [0.2, 0.25) is 0 Å². The largest absolute Gasteiger partial charge is 0.459 e. The van der Waals surface area contributed by atoms with Crippen LogP contribution in [0.4, 0.5) is 4.39 Å². The van der Waals surface area contributed by atoms with E-state index in [-0.39, 0.29) is 37.8 Å². The number of aromatic amines is 1. The highest BCUT2D eigenvalue weighted by atomic mass is 19.1. The molecule has 0 fully saturated rings. The van der Waals surface area contributed by atoms with Gasteiger partial charge in [0.1, 0.15) is 23.2 Å². The molecule has 4 rings (SSSR count). The van der Waals surface area contributed by atoms with E-state index in [0.717, 1.165) is 0 Å². The van der Waals surface area contributed by atoms with Crippen LogP contribution in [0.25, 0.3) is 11.0 Å². The molecule has 0 aliphatic rings. The molecule has 13 heteroatoms. The topological polar surface area (TPSA) is 199 Å². The van der Waals surface area contributed by atoms with Gasteiger partial charge in [-0.1, -0.05) is 24.3 Å². The lowest BCUT2D eigenvalue weighted by molar-refractivity contribution is -0.159. The van der Waals surface area contributed by atoms with Gasteiger partial charge in [-0.05, 0) is 69.4 Å². The fraction of sp³-hybridized carbons (Fsp3) is 0.375. The average molecular weight is 620 g/mol. The van der Waals surface area contributed by atoms with Crippen LogP contribution in [0.15, 0.2) is 67.3 Å². The molecule has 0 saturated carbocycles. The maximum atomic E-state index is 14.0. The Labute approximate surface area is 259 Å². The number of amides is 2. The zero-order valence-electron chi connectivity index (χ0n) is 25.2. The summed E-state index contributed by atoms with van der Waals surface area (Å²) in [6.45, 7) is 3.39. The van der Waals surface area contributed by atoms with Crippen LogP contribution in [-0.2, 0) is 27.2 Å². The lowest BCUT2D eigenvalue weighted by Crippen LogP contribution is -2.47. The number of halogens is 1. The Morgan fingerprint density at radius 2 is 1.84 bits per heavy atom. The first kappa shape index (κ1) is 33.1. The molecule has 2 aromatic heterocycles. The molecule has 0 aliphatic carbocycles. The van der Waals surface area contributed by atoms with E-state index >= 15 is 0 Å². The number of hydrogen-bond acceptors (Lipinski definition) is 9. The summed E-state index contributed by atoms with van der Waals surface area (Å²) in [6, 6.07) is 11.0. The Balaban J connectivity index is 1.43. The Hall–Kier alpha value is -4.75. The van der Waals surface area contributed by atoms with Crippen molar-refractivity contribution >= 4 is 28.8 Å². The van der Waals surface area contributed by atoms with Gasteiger partial charge in [0, 0.05) is 24.2 Å². The molecule has 4 atom stereocenters. The molecule has 2 amide bonds. The maximum Gasteiger partial charge on any atom is 0.323 e. The van der Waals surface area contributed by atoms with Crippen LogP contribution in [-0.4, -0.2) is 66.6 Å². The van der Waals surface area contributed by atoms with Crippen molar-refractivity contribution in [2.45, 2.75) is 69.7 Å². The number of esters is 1. The van der Waals surface area contributed by atoms with Crippen molar-refractivity contribution in [2.75, 3.05) is 0 Å². The summed E-state index contributed by atoms with van der Waals surface area (Å²) in [5.41, 5.74) is 13.1. The van der Waals surface area contributed by atoms with Crippen LogP contribution in [0, 0.1) is 11.7 Å². The Bertz CT molecular complexity index is 1610. The number of rotatable bonds is 15. The minimum Gasteiger partial charge on any atom is -0.459 e. The first-order chi connectivity index (χ1) is 21.4. The zero-order chi connectivity index (χ0) is 32.6. The number of aliphatic hydroxyl groups excluding tert-OH is 1. The van der Waals surface area contributed by atoms with Gasteiger partial charge in [-0.2, -0.15) is 0 Å². The molecule has 2 heterocycles. The molecule has 0 unspecified atom stereocenters. The second-order valence-electron chi connectivity index (χ2n) is 11.7. The SMILES string of the molecule is CC(C)(CC[C@H](C[C@H](O)[C@H](Cc1cccc(F)c1)NC(=O)c1cnc2ccccc2n1)C(N)=O)OC(=O)[C@@H](N)Cc1cnc[nH]1. The summed E-state index contributed by atoms with van der Waals surface area (Å²) < 4.78 is 19.6. The van der Waals surface area contributed by atoms with E-state index in [2.05, 4.69) is 25.3 Å². The number of nitrogens with one attached hydrogen (secondary N) is 2. The van der Waals surface area contributed by atoms with Crippen LogP contribution in [0.5, 0.6) is 0 Å². The van der Waals surface area contributed by atoms with Gasteiger partial charge >= 0.3 is 5.97 Å². The molecule has 12 nitrogen and oxygen atoms in total. The van der Waals surface area contributed by atoms with E-state index in [1.165, 1.54) is 30.7 Å². The number of imidazole rings is 1. The molecule has 238 valence electrons. The lowest BCUT2D eigenvalue weighted by atomic mass is 9.87. The van der Waals surface area contributed by atoms with Crippen molar-refractivity contribution in [3.8, 4) is 0 Å². The van der Waals surface area contributed by atoms with Crippen molar-refractivity contribution < 1.29 is 28.6 Å². The minimum absolute atomic E-state index is 0.0332. The number of nitrogens with two attached hydrogens (primary N) is 2. The standard InChI is InChI=1S/C32H38FN7O5/c1-32(2,45-31(44)23(34)15-22-16-36-18-38-22)11-10-20(29(35)42)14-28(41)26(13-19-6-5-7-21(33)12-19)40-30(43)27-17-37-24-8-3-4-9-25(24)39-27/h3-9,12,16-18,20,23,26,28,41H,10-11,13-15,34H2,1-2H3,(H2,35,42)(H,36,38)(H,40,43)/t20-,23+,26+,28+/m1/s1. The molecule has 45 heavy (non-hydrogen) atoms. The van der Waals surface area contributed by atoms with Gasteiger partial charge in [0.25, 0.3) is 5.91 Å². The molecule has 0 aliphatic heterocycles. The average Bonchev–Trinajstić information content (AvgIpc) is 3.51. The van der Waals surface area contributed by atoms with Gasteiger partial charge in [-0.15, -0.1) is 0 Å². The molecular formula is C32H38FN7O5. The normalized spacial score (nSPS) is 14.3. The quantitative estimate of drug-likeness (QED) is 0.124. The van der Waals surface area contributed by atoms with E-state index in [9.17, 15) is 23.9 Å². The smallest absolute Gasteiger partial charge is 0.323 e. The second-order valence-corrected chi connectivity index (χ2v) is 11.7. The zero-order valence-corrected chi connectivity index (χ0v) is 25.2. The lowest BCUT2D eigenvalue weighted by Gasteiger charge is -2.30. The Morgan fingerprint density at radius 1 is 1.09 bits per heavy atom. The number of carbonyl (C=O) groups excluding carboxylic acids is 3. The van der Waals surface area contributed by atoms with Gasteiger partial charge in [-0.25, -0.2) is 14.4 Å². The van der Waals surface area contributed by atoms with Crippen LogP contribution in [0.1, 0.15) is 54.9 Å². The molecule has 7 N–H and O–H groups in total. The first-order valence-electron chi connectivity index (χ1n) is 14.6. The number of nitrogens with zero attached hydrogens (tertiary/aromatic N) is 3. The Morgan fingerprint density at radius 3 is 2.53 bits per heavy atom.